The number of carbonyl (C=O) groups is 1. The molecule has 124 valence electrons. The van der Waals surface area contributed by atoms with Crippen molar-refractivity contribution in [3.63, 3.8) is 0 Å². The van der Waals surface area contributed by atoms with Crippen LogP contribution in [0.25, 0.3) is 10.9 Å². The largest absolute Gasteiger partial charge is 0.378 e. The van der Waals surface area contributed by atoms with Crippen LogP contribution < -0.4 is 4.90 Å². The first kappa shape index (κ1) is 16.1. The van der Waals surface area contributed by atoms with Crippen molar-refractivity contribution >= 4 is 22.5 Å². The van der Waals surface area contributed by atoms with Gasteiger partial charge in [0.2, 0.25) is 0 Å². The van der Waals surface area contributed by atoms with Crippen LogP contribution in [-0.2, 0) is 6.42 Å². The number of anilines is 1. The van der Waals surface area contributed by atoms with Gasteiger partial charge in [-0.15, -0.1) is 0 Å². The number of benzene rings is 2. The number of nitrogens with zero attached hydrogens (tertiary/aromatic N) is 2. The molecule has 0 radical (unpaired) electrons. The third-order valence-electron chi connectivity index (χ3n) is 4.37. The van der Waals surface area contributed by atoms with Crippen molar-refractivity contribution in [2.75, 3.05) is 32.6 Å². The number of likely N-dealkylation sites (N-methyl/N-ethyl adjacent to an activating group) is 1. The molecule has 0 aliphatic rings. The van der Waals surface area contributed by atoms with Crippen molar-refractivity contribution < 1.29 is 4.79 Å². The maximum Gasteiger partial charge on any atom is 0.253 e. The molecule has 0 fully saturated rings. The second-order valence-electron chi connectivity index (χ2n) is 6.28. The molecule has 1 amide bonds. The van der Waals surface area contributed by atoms with Crippen LogP contribution in [0.3, 0.4) is 0 Å². The number of hydrogen-bond donors (Lipinski definition) is 1. The van der Waals surface area contributed by atoms with Gasteiger partial charge in [0.25, 0.3) is 5.91 Å². The van der Waals surface area contributed by atoms with Crippen molar-refractivity contribution in [2.45, 2.75) is 6.42 Å². The Kier molecular flexibility index (Phi) is 4.56. The summed E-state index contributed by atoms with van der Waals surface area (Å²) in [5, 5.41) is 1.23. The van der Waals surface area contributed by atoms with Crippen molar-refractivity contribution in [2.24, 2.45) is 0 Å². The van der Waals surface area contributed by atoms with Crippen LogP contribution in [-0.4, -0.2) is 43.5 Å². The Hall–Kier alpha value is -2.75. The highest BCUT2D eigenvalue weighted by Crippen LogP contribution is 2.19. The van der Waals surface area contributed by atoms with E-state index in [1.807, 2.05) is 68.6 Å². The van der Waals surface area contributed by atoms with E-state index >= 15 is 0 Å². The molecule has 0 aliphatic carbocycles. The van der Waals surface area contributed by atoms with Gasteiger partial charge in [-0.05, 0) is 42.3 Å². The van der Waals surface area contributed by atoms with Gasteiger partial charge in [0.15, 0.2) is 0 Å². The zero-order valence-corrected chi connectivity index (χ0v) is 14.4. The van der Waals surface area contributed by atoms with E-state index in [1.165, 1.54) is 10.9 Å². The number of aromatic nitrogens is 1. The lowest BCUT2D eigenvalue weighted by Gasteiger charge is -2.18. The molecule has 0 bridgehead atoms. The Morgan fingerprint density at radius 3 is 2.42 bits per heavy atom. The van der Waals surface area contributed by atoms with Gasteiger partial charge in [-0.1, -0.05) is 18.2 Å². The van der Waals surface area contributed by atoms with Gasteiger partial charge >= 0.3 is 0 Å². The molecule has 3 rings (SSSR count). The fraction of sp³-hybridized carbons (Fsp3) is 0.250. The van der Waals surface area contributed by atoms with Gasteiger partial charge in [0.05, 0.1) is 0 Å². The van der Waals surface area contributed by atoms with Crippen molar-refractivity contribution in [3.8, 4) is 0 Å². The predicted molar refractivity (Wildman–Crippen MR) is 99.7 cm³/mol. The molecule has 0 aliphatic heterocycles. The van der Waals surface area contributed by atoms with E-state index in [2.05, 4.69) is 17.1 Å². The maximum absolute atomic E-state index is 12.6. The number of rotatable bonds is 5. The topological polar surface area (TPSA) is 39.3 Å². The number of carbonyl (C=O) groups excluding carboxylic acids is 1. The monoisotopic (exact) mass is 321 g/mol. The third kappa shape index (κ3) is 3.27. The highest BCUT2D eigenvalue weighted by molar-refractivity contribution is 5.94. The summed E-state index contributed by atoms with van der Waals surface area (Å²) in [5.74, 6) is 0.0557. The molecule has 24 heavy (non-hydrogen) atoms. The molecule has 0 unspecified atom stereocenters. The van der Waals surface area contributed by atoms with E-state index in [0.717, 1.165) is 23.2 Å². The number of nitrogens with one attached hydrogen (secondary N) is 1. The lowest BCUT2D eigenvalue weighted by molar-refractivity contribution is 0.0796. The minimum absolute atomic E-state index is 0.0557. The average molecular weight is 321 g/mol. The number of aromatic amines is 1. The lowest BCUT2D eigenvalue weighted by Crippen LogP contribution is -2.28. The molecule has 0 spiro atoms. The fourth-order valence-electron chi connectivity index (χ4n) is 2.85. The molecule has 2 aromatic carbocycles. The molecule has 0 saturated heterocycles. The maximum atomic E-state index is 12.6. The molecule has 4 heteroatoms. The van der Waals surface area contributed by atoms with E-state index in [4.69, 9.17) is 0 Å². The lowest BCUT2D eigenvalue weighted by atomic mass is 10.1. The van der Waals surface area contributed by atoms with Gasteiger partial charge in [-0.3, -0.25) is 4.79 Å². The first-order chi connectivity index (χ1) is 11.6. The van der Waals surface area contributed by atoms with Gasteiger partial charge in [-0.25, -0.2) is 0 Å². The fourth-order valence-corrected chi connectivity index (χ4v) is 2.85. The molecule has 1 heterocycles. The van der Waals surface area contributed by atoms with Crippen LogP contribution in [0.1, 0.15) is 15.9 Å². The quantitative estimate of drug-likeness (QED) is 0.780. The normalized spacial score (nSPS) is 10.8. The SMILES string of the molecule is CN(CCc1c[nH]c2ccccc12)C(=O)c1ccc(N(C)C)cc1. The van der Waals surface area contributed by atoms with Crippen LogP contribution in [0.5, 0.6) is 0 Å². The number of fused-ring (bicyclic) bond motifs is 1. The van der Waals surface area contributed by atoms with E-state index in [1.54, 1.807) is 4.90 Å². The second-order valence-corrected chi connectivity index (χ2v) is 6.28. The number of H-pyrrole nitrogens is 1. The summed E-state index contributed by atoms with van der Waals surface area (Å²) < 4.78 is 0. The first-order valence-corrected chi connectivity index (χ1v) is 8.14. The molecule has 0 atom stereocenters. The zero-order chi connectivity index (χ0) is 17.1. The van der Waals surface area contributed by atoms with Crippen molar-refractivity contribution in [1.29, 1.82) is 0 Å². The highest BCUT2D eigenvalue weighted by Gasteiger charge is 2.12. The number of amides is 1. The summed E-state index contributed by atoms with van der Waals surface area (Å²) >= 11 is 0. The molecule has 3 aromatic rings. The average Bonchev–Trinajstić information content (AvgIpc) is 3.02. The Morgan fingerprint density at radius 1 is 1.00 bits per heavy atom. The predicted octanol–water partition coefficient (Wildman–Crippen LogP) is 3.55. The van der Waals surface area contributed by atoms with E-state index in [9.17, 15) is 4.79 Å². The Morgan fingerprint density at radius 2 is 1.71 bits per heavy atom. The minimum atomic E-state index is 0.0557. The molecule has 4 nitrogen and oxygen atoms in total. The molecule has 0 saturated carbocycles. The molecular weight excluding hydrogens is 298 g/mol. The number of para-hydroxylation sites is 1. The van der Waals surface area contributed by atoms with E-state index in [-0.39, 0.29) is 5.91 Å². The standard InChI is InChI=1S/C20H23N3O/c1-22(2)17-10-8-15(9-11-17)20(24)23(3)13-12-16-14-21-19-7-5-4-6-18(16)19/h4-11,14,21H,12-13H2,1-3H3. The first-order valence-electron chi connectivity index (χ1n) is 8.14. The number of hydrogen-bond acceptors (Lipinski definition) is 2. The van der Waals surface area contributed by atoms with Gasteiger partial charge < -0.3 is 14.8 Å². The van der Waals surface area contributed by atoms with Crippen LogP contribution in [0.4, 0.5) is 5.69 Å². The summed E-state index contributed by atoms with van der Waals surface area (Å²) in [5.41, 5.74) is 4.20. The van der Waals surface area contributed by atoms with Gasteiger partial charge in [-0.2, -0.15) is 0 Å². The van der Waals surface area contributed by atoms with Crippen molar-refractivity contribution in [1.82, 2.24) is 9.88 Å². The minimum Gasteiger partial charge on any atom is -0.378 e. The Labute approximate surface area is 142 Å². The van der Waals surface area contributed by atoms with Crippen LogP contribution in [0.2, 0.25) is 0 Å². The van der Waals surface area contributed by atoms with E-state index in [0.29, 0.717) is 6.54 Å². The van der Waals surface area contributed by atoms with E-state index < -0.39 is 0 Å². The summed E-state index contributed by atoms with van der Waals surface area (Å²) in [4.78, 5) is 19.6. The molecule has 1 N–H and O–H groups in total. The Bertz CT molecular complexity index is 833. The van der Waals surface area contributed by atoms with Crippen LogP contribution in [0.15, 0.2) is 54.7 Å². The van der Waals surface area contributed by atoms with Gasteiger partial charge in [0.1, 0.15) is 0 Å². The van der Waals surface area contributed by atoms with Crippen LogP contribution >= 0.6 is 0 Å². The van der Waals surface area contributed by atoms with Crippen LogP contribution in [0, 0.1) is 0 Å². The Balaban J connectivity index is 1.66. The summed E-state index contributed by atoms with van der Waals surface area (Å²) in [6.07, 6.45) is 2.87. The van der Waals surface area contributed by atoms with Gasteiger partial charge in [0, 0.05) is 56.0 Å². The summed E-state index contributed by atoms with van der Waals surface area (Å²) in [6, 6.07) is 16.0. The highest BCUT2D eigenvalue weighted by atomic mass is 16.2. The smallest absolute Gasteiger partial charge is 0.253 e. The molecule has 1 aromatic heterocycles. The zero-order valence-electron chi connectivity index (χ0n) is 14.4. The summed E-state index contributed by atoms with van der Waals surface area (Å²) in [6.45, 7) is 0.691. The third-order valence-corrected chi connectivity index (χ3v) is 4.37. The summed E-state index contributed by atoms with van der Waals surface area (Å²) in [7, 11) is 5.84. The second kappa shape index (κ2) is 6.79. The van der Waals surface area contributed by atoms with Crippen molar-refractivity contribution in [3.05, 3.63) is 65.9 Å². The molecular formula is C20H23N3O.